The second-order valence-corrected chi connectivity index (χ2v) is 4.77. The van der Waals surface area contributed by atoms with E-state index in [4.69, 9.17) is 5.11 Å². The average Bonchev–Trinajstić information content (AvgIpc) is 2.78. The number of hydrogen-bond acceptors (Lipinski definition) is 3. The van der Waals surface area contributed by atoms with Crippen LogP contribution >= 0.6 is 11.3 Å². The van der Waals surface area contributed by atoms with E-state index in [-0.39, 0.29) is 24.8 Å². The fourth-order valence-corrected chi connectivity index (χ4v) is 2.39. The minimum absolute atomic E-state index is 0.0449. The Kier molecular flexibility index (Phi) is 5.69. The zero-order chi connectivity index (χ0) is 12.7. The number of aliphatic carboxylic acids is 1. The number of carbonyl (C=O) groups excluding carboxylic acids is 1. The molecule has 0 saturated carbocycles. The Balaban J connectivity index is 2.36. The van der Waals surface area contributed by atoms with E-state index in [1.807, 2.05) is 24.4 Å². The first kappa shape index (κ1) is 13.7. The Morgan fingerprint density at radius 2 is 2.24 bits per heavy atom. The van der Waals surface area contributed by atoms with E-state index in [1.54, 1.807) is 11.3 Å². The summed E-state index contributed by atoms with van der Waals surface area (Å²) >= 11 is 1.62. The number of amides is 1. The molecule has 1 aromatic heterocycles. The number of thiophene rings is 1. The highest BCUT2D eigenvalue weighted by Crippen LogP contribution is 2.21. The number of rotatable bonds is 7. The van der Waals surface area contributed by atoms with Crippen molar-refractivity contribution in [1.29, 1.82) is 0 Å². The summed E-state index contributed by atoms with van der Waals surface area (Å²) in [6.07, 6.45) is 1.55. The van der Waals surface area contributed by atoms with Crippen LogP contribution in [0.5, 0.6) is 0 Å². The molecule has 2 N–H and O–H groups in total. The first-order valence-electron chi connectivity index (χ1n) is 5.68. The molecule has 0 radical (unpaired) electrons. The van der Waals surface area contributed by atoms with Gasteiger partial charge in [-0.25, -0.2) is 0 Å². The number of nitrogens with one attached hydrogen (secondary N) is 1. The van der Waals surface area contributed by atoms with Gasteiger partial charge in [-0.1, -0.05) is 13.0 Å². The number of carbonyl (C=O) groups is 2. The second kappa shape index (κ2) is 7.06. The van der Waals surface area contributed by atoms with E-state index in [0.29, 0.717) is 6.42 Å². The highest BCUT2D eigenvalue weighted by atomic mass is 32.1. The Morgan fingerprint density at radius 1 is 1.47 bits per heavy atom. The molecule has 1 amide bonds. The Bertz CT molecular complexity index is 362. The zero-order valence-electron chi connectivity index (χ0n) is 9.81. The average molecular weight is 255 g/mol. The molecule has 0 saturated heterocycles. The minimum Gasteiger partial charge on any atom is -0.481 e. The van der Waals surface area contributed by atoms with Crippen molar-refractivity contribution in [2.75, 3.05) is 0 Å². The fourth-order valence-electron chi connectivity index (χ4n) is 1.53. The van der Waals surface area contributed by atoms with Gasteiger partial charge in [0.1, 0.15) is 0 Å². The summed E-state index contributed by atoms with van der Waals surface area (Å²) in [5, 5.41) is 13.4. The van der Waals surface area contributed by atoms with Crippen LogP contribution in [0.2, 0.25) is 0 Å². The minimum atomic E-state index is -0.858. The summed E-state index contributed by atoms with van der Waals surface area (Å²) in [6, 6.07) is 4.00. The van der Waals surface area contributed by atoms with Crippen molar-refractivity contribution in [1.82, 2.24) is 5.32 Å². The lowest BCUT2D eigenvalue weighted by Gasteiger charge is -2.15. The standard InChI is InChI=1S/C12H17NO3S/c1-2-9(10-5-4-8-17-10)13-11(14)6-3-7-12(15)16/h4-5,8-9H,2-3,6-7H2,1H3,(H,13,14)(H,15,16). The van der Waals surface area contributed by atoms with Crippen molar-refractivity contribution in [2.24, 2.45) is 0 Å². The molecular formula is C12H17NO3S. The molecule has 0 aliphatic heterocycles. The first-order chi connectivity index (χ1) is 8.13. The largest absolute Gasteiger partial charge is 0.481 e. The summed E-state index contributed by atoms with van der Waals surface area (Å²) in [5.41, 5.74) is 0. The van der Waals surface area contributed by atoms with Crippen molar-refractivity contribution >= 4 is 23.2 Å². The maximum atomic E-state index is 11.6. The molecule has 1 heterocycles. The lowest BCUT2D eigenvalue weighted by atomic mass is 10.1. The third-order valence-electron chi connectivity index (χ3n) is 2.42. The van der Waals surface area contributed by atoms with Gasteiger partial charge in [-0.3, -0.25) is 9.59 Å². The molecule has 0 bridgehead atoms. The van der Waals surface area contributed by atoms with Crippen LogP contribution in [0.4, 0.5) is 0 Å². The third kappa shape index (κ3) is 4.99. The van der Waals surface area contributed by atoms with Crippen LogP contribution in [0.15, 0.2) is 17.5 Å². The molecule has 4 nitrogen and oxygen atoms in total. The maximum absolute atomic E-state index is 11.6. The molecule has 0 spiro atoms. The predicted molar refractivity (Wildman–Crippen MR) is 67.0 cm³/mol. The summed E-state index contributed by atoms with van der Waals surface area (Å²) in [4.78, 5) is 23.0. The van der Waals surface area contributed by atoms with Crippen LogP contribution in [0.1, 0.15) is 43.5 Å². The fraction of sp³-hybridized carbons (Fsp3) is 0.500. The quantitative estimate of drug-likeness (QED) is 0.787. The number of carboxylic acids is 1. The molecule has 0 aliphatic carbocycles. The van der Waals surface area contributed by atoms with Crippen LogP contribution in [-0.4, -0.2) is 17.0 Å². The third-order valence-corrected chi connectivity index (χ3v) is 3.41. The van der Waals surface area contributed by atoms with Crippen molar-refractivity contribution < 1.29 is 14.7 Å². The lowest BCUT2D eigenvalue weighted by molar-refractivity contribution is -0.137. The maximum Gasteiger partial charge on any atom is 0.303 e. The van der Waals surface area contributed by atoms with E-state index in [0.717, 1.165) is 11.3 Å². The predicted octanol–water partition coefficient (Wildman–Crippen LogP) is 2.57. The normalized spacial score (nSPS) is 12.1. The molecule has 0 aliphatic rings. The van der Waals surface area contributed by atoms with Gasteiger partial charge in [0, 0.05) is 17.7 Å². The molecule has 0 aromatic carbocycles. The van der Waals surface area contributed by atoms with Gasteiger partial charge in [-0.15, -0.1) is 11.3 Å². The molecular weight excluding hydrogens is 238 g/mol. The van der Waals surface area contributed by atoms with Gasteiger partial charge in [0.2, 0.25) is 5.91 Å². The molecule has 17 heavy (non-hydrogen) atoms. The molecule has 94 valence electrons. The number of hydrogen-bond donors (Lipinski definition) is 2. The topological polar surface area (TPSA) is 66.4 Å². The van der Waals surface area contributed by atoms with Crippen molar-refractivity contribution in [3.8, 4) is 0 Å². The lowest BCUT2D eigenvalue weighted by Crippen LogP contribution is -2.27. The van der Waals surface area contributed by atoms with Gasteiger partial charge in [0.25, 0.3) is 0 Å². The molecule has 1 rings (SSSR count). The second-order valence-electron chi connectivity index (χ2n) is 3.79. The summed E-state index contributed by atoms with van der Waals surface area (Å²) in [7, 11) is 0. The van der Waals surface area contributed by atoms with E-state index >= 15 is 0 Å². The van der Waals surface area contributed by atoms with Gasteiger partial charge >= 0.3 is 5.97 Å². The Morgan fingerprint density at radius 3 is 2.76 bits per heavy atom. The van der Waals surface area contributed by atoms with Crippen molar-refractivity contribution in [3.63, 3.8) is 0 Å². The van der Waals surface area contributed by atoms with Gasteiger partial charge in [-0.2, -0.15) is 0 Å². The van der Waals surface area contributed by atoms with Crippen LogP contribution in [-0.2, 0) is 9.59 Å². The highest BCUT2D eigenvalue weighted by Gasteiger charge is 2.13. The number of carboxylic acid groups (broad SMARTS) is 1. The van der Waals surface area contributed by atoms with E-state index in [9.17, 15) is 9.59 Å². The van der Waals surface area contributed by atoms with Crippen molar-refractivity contribution in [2.45, 2.75) is 38.6 Å². The SMILES string of the molecule is CCC(NC(=O)CCCC(=O)O)c1cccs1. The summed E-state index contributed by atoms with van der Waals surface area (Å²) in [6.45, 7) is 2.02. The molecule has 5 heteroatoms. The van der Waals surface area contributed by atoms with Crippen LogP contribution in [0, 0.1) is 0 Å². The molecule has 0 fully saturated rings. The van der Waals surface area contributed by atoms with Crippen LogP contribution in [0.25, 0.3) is 0 Å². The molecule has 1 aromatic rings. The Hall–Kier alpha value is -1.36. The Labute approximate surface area is 105 Å². The smallest absolute Gasteiger partial charge is 0.303 e. The monoisotopic (exact) mass is 255 g/mol. The zero-order valence-corrected chi connectivity index (χ0v) is 10.6. The van der Waals surface area contributed by atoms with Crippen LogP contribution < -0.4 is 5.32 Å². The molecule has 1 atom stereocenters. The van der Waals surface area contributed by atoms with Gasteiger partial charge in [-0.05, 0) is 24.3 Å². The summed E-state index contributed by atoms with van der Waals surface area (Å²) < 4.78 is 0. The summed E-state index contributed by atoms with van der Waals surface area (Å²) in [5.74, 6) is -0.936. The van der Waals surface area contributed by atoms with Crippen LogP contribution in [0.3, 0.4) is 0 Å². The molecule has 1 unspecified atom stereocenters. The van der Waals surface area contributed by atoms with E-state index < -0.39 is 5.97 Å². The highest BCUT2D eigenvalue weighted by molar-refractivity contribution is 7.10. The van der Waals surface area contributed by atoms with Gasteiger partial charge in [0.05, 0.1) is 6.04 Å². The van der Waals surface area contributed by atoms with Crippen molar-refractivity contribution in [3.05, 3.63) is 22.4 Å². The van der Waals surface area contributed by atoms with E-state index in [2.05, 4.69) is 5.32 Å². The first-order valence-corrected chi connectivity index (χ1v) is 6.56. The van der Waals surface area contributed by atoms with Gasteiger partial charge in [0.15, 0.2) is 0 Å². The van der Waals surface area contributed by atoms with E-state index in [1.165, 1.54) is 0 Å². The van der Waals surface area contributed by atoms with Gasteiger partial charge < -0.3 is 10.4 Å².